The highest BCUT2D eigenvalue weighted by atomic mass is 28.4. The van der Waals surface area contributed by atoms with Crippen molar-refractivity contribution in [3.63, 3.8) is 0 Å². The Bertz CT molecular complexity index is 1400. The van der Waals surface area contributed by atoms with Gasteiger partial charge in [-0.25, -0.2) is 0 Å². The van der Waals surface area contributed by atoms with Gasteiger partial charge >= 0.3 is 7.12 Å². The molecule has 4 rings (SSSR count). The molecule has 1 heterocycles. The van der Waals surface area contributed by atoms with E-state index in [0.717, 1.165) is 11.0 Å². The summed E-state index contributed by atoms with van der Waals surface area (Å²) in [7, 11) is -5.20. The molecule has 3 aromatic rings. The minimum absolute atomic E-state index is 0.0501. The Balaban J connectivity index is 1.97. The summed E-state index contributed by atoms with van der Waals surface area (Å²) in [6, 6.07) is 32.1. The van der Waals surface area contributed by atoms with Gasteiger partial charge in [0.15, 0.2) is 8.32 Å². The zero-order valence-electron chi connectivity index (χ0n) is 27.8. The molecule has 0 aromatic heterocycles. The number of benzene rings is 3. The standard InChI is InChI=1S/C37H49BO3Si2/c1-29(38-40-36(4,5)37(6,7)41-38)34(43(11,31-23-17-13-18-24-31)32-25-19-14-20-26-32)35(2,3)33(39-42(8,9)10)28-27-30-21-15-12-16-22-30/h12-26,33-34H,1H2,2-11H3/t33-,34-/m1/s1. The quantitative estimate of drug-likeness (QED) is 0.184. The van der Waals surface area contributed by atoms with Crippen molar-refractivity contribution < 1.29 is 13.7 Å². The third-order valence-corrected chi connectivity index (χ3v) is 15.5. The van der Waals surface area contributed by atoms with E-state index in [0.29, 0.717) is 0 Å². The normalized spacial score (nSPS) is 18.0. The van der Waals surface area contributed by atoms with E-state index >= 15 is 0 Å². The Morgan fingerprint density at radius 1 is 0.767 bits per heavy atom. The van der Waals surface area contributed by atoms with Gasteiger partial charge in [0.05, 0.1) is 11.2 Å². The van der Waals surface area contributed by atoms with E-state index < -0.39 is 40.1 Å². The molecule has 3 aromatic carbocycles. The van der Waals surface area contributed by atoms with Crippen molar-refractivity contribution in [2.24, 2.45) is 5.41 Å². The smallest absolute Gasteiger partial charge is 0.404 e. The molecule has 0 amide bonds. The molecule has 43 heavy (non-hydrogen) atoms. The van der Waals surface area contributed by atoms with Crippen LogP contribution in [0.4, 0.5) is 0 Å². The summed E-state index contributed by atoms with van der Waals surface area (Å²) in [5.41, 5.74) is 0.467. The molecule has 0 aliphatic carbocycles. The van der Waals surface area contributed by atoms with Gasteiger partial charge in [-0.15, -0.1) is 6.58 Å². The molecule has 2 atom stereocenters. The van der Waals surface area contributed by atoms with E-state index in [9.17, 15) is 0 Å². The lowest BCUT2D eigenvalue weighted by Gasteiger charge is -2.50. The monoisotopic (exact) mass is 608 g/mol. The summed E-state index contributed by atoms with van der Waals surface area (Å²) in [6.07, 6.45) is -0.345. The maximum Gasteiger partial charge on any atom is 0.489 e. The molecular weight excluding hydrogens is 559 g/mol. The fourth-order valence-electron chi connectivity index (χ4n) is 6.33. The Kier molecular flexibility index (Phi) is 9.57. The van der Waals surface area contributed by atoms with Gasteiger partial charge in [0.1, 0.15) is 14.2 Å². The van der Waals surface area contributed by atoms with Crippen molar-refractivity contribution in [3.8, 4) is 11.8 Å². The first-order valence-corrected chi connectivity index (χ1v) is 21.4. The van der Waals surface area contributed by atoms with Crippen LogP contribution in [0.2, 0.25) is 31.7 Å². The van der Waals surface area contributed by atoms with Crippen LogP contribution in [-0.4, -0.2) is 40.8 Å². The lowest BCUT2D eigenvalue weighted by Crippen LogP contribution is -2.65. The highest BCUT2D eigenvalue weighted by molar-refractivity contribution is 7.03. The van der Waals surface area contributed by atoms with Gasteiger partial charge in [0.25, 0.3) is 0 Å². The molecule has 6 heteroatoms. The molecule has 226 valence electrons. The van der Waals surface area contributed by atoms with Crippen LogP contribution in [0.1, 0.15) is 47.1 Å². The third-order valence-electron chi connectivity index (χ3n) is 9.26. The van der Waals surface area contributed by atoms with Gasteiger partial charge in [-0.1, -0.05) is 121 Å². The average Bonchev–Trinajstić information content (AvgIpc) is 3.18. The van der Waals surface area contributed by atoms with Crippen LogP contribution in [0.3, 0.4) is 0 Å². The summed E-state index contributed by atoms with van der Waals surface area (Å²) >= 11 is 0. The van der Waals surface area contributed by atoms with E-state index in [-0.39, 0.29) is 11.6 Å². The Morgan fingerprint density at radius 3 is 1.60 bits per heavy atom. The molecule has 0 radical (unpaired) electrons. The van der Waals surface area contributed by atoms with Crippen LogP contribution >= 0.6 is 0 Å². The van der Waals surface area contributed by atoms with Crippen molar-refractivity contribution in [3.05, 3.63) is 109 Å². The third kappa shape index (κ3) is 7.03. The predicted molar refractivity (Wildman–Crippen MR) is 188 cm³/mol. The second-order valence-electron chi connectivity index (χ2n) is 14.6. The Hall–Kier alpha value is -2.66. The van der Waals surface area contributed by atoms with Crippen LogP contribution in [0.5, 0.6) is 0 Å². The highest BCUT2D eigenvalue weighted by Crippen LogP contribution is 2.51. The van der Waals surface area contributed by atoms with E-state index in [2.05, 4.69) is 152 Å². The van der Waals surface area contributed by atoms with Crippen LogP contribution in [0, 0.1) is 17.3 Å². The van der Waals surface area contributed by atoms with E-state index in [1.54, 1.807) is 0 Å². The number of hydrogen-bond donors (Lipinski definition) is 0. The SMILES string of the molecule is C=C(B1OC(C)(C)C(C)(C)O1)[C@H](C(C)(C)[C@@H](C#Cc1ccccc1)O[Si](C)(C)C)[Si](C)(c1ccccc1)c1ccccc1. The van der Waals surface area contributed by atoms with E-state index in [1.165, 1.54) is 10.4 Å². The number of allylic oxidation sites excluding steroid dienone is 1. The maximum atomic E-state index is 7.03. The molecule has 0 unspecified atom stereocenters. The molecule has 0 spiro atoms. The van der Waals surface area contributed by atoms with E-state index in [1.807, 2.05) is 18.2 Å². The van der Waals surface area contributed by atoms with Crippen LogP contribution in [0.25, 0.3) is 0 Å². The lowest BCUT2D eigenvalue weighted by atomic mass is 9.68. The van der Waals surface area contributed by atoms with Gasteiger partial charge < -0.3 is 13.7 Å². The average molecular weight is 609 g/mol. The number of rotatable bonds is 9. The molecule has 1 aliphatic rings. The van der Waals surface area contributed by atoms with Gasteiger partial charge in [0.2, 0.25) is 0 Å². The first-order chi connectivity index (χ1) is 20.0. The van der Waals surface area contributed by atoms with E-state index in [4.69, 9.17) is 20.3 Å². The molecule has 0 N–H and O–H groups in total. The van der Waals surface area contributed by atoms with Crippen molar-refractivity contribution in [2.75, 3.05) is 0 Å². The number of hydrogen-bond acceptors (Lipinski definition) is 3. The predicted octanol–water partition coefficient (Wildman–Crippen LogP) is 7.74. The summed E-state index contributed by atoms with van der Waals surface area (Å²) in [6.45, 7) is 27.1. The van der Waals surface area contributed by atoms with Crippen molar-refractivity contribution >= 4 is 33.9 Å². The summed E-state index contributed by atoms with van der Waals surface area (Å²) in [5.74, 6) is 7.09. The minimum atomic E-state index is -2.63. The summed E-state index contributed by atoms with van der Waals surface area (Å²) < 4.78 is 20.5. The second kappa shape index (κ2) is 12.4. The molecule has 1 fully saturated rings. The molecule has 1 saturated heterocycles. The maximum absolute atomic E-state index is 7.03. The van der Waals surface area contributed by atoms with Gasteiger partial charge in [-0.2, -0.15) is 0 Å². The lowest BCUT2D eigenvalue weighted by molar-refractivity contribution is 0.00578. The van der Waals surface area contributed by atoms with Crippen LogP contribution < -0.4 is 10.4 Å². The Labute approximate surface area is 263 Å². The Morgan fingerprint density at radius 2 is 1.19 bits per heavy atom. The summed E-state index contributed by atoms with van der Waals surface area (Å²) in [4.78, 5) is 0. The fraction of sp³-hybridized carbons (Fsp3) is 0.405. The van der Waals surface area contributed by atoms with Crippen molar-refractivity contribution in [1.29, 1.82) is 0 Å². The molecule has 3 nitrogen and oxygen atoms in total. The molecular formula is C37H49BO3Si2. The largest absolute Gasteiger partial charge is 0.489 e. The zero-order chi connectivity index (χ0) is 31.7. The second-order valence-corrected chi connectivity index (χ2v) is 23.2. The molecule has 0 bridgehead atoms. The highest BCUT2D eigenvalue weighted by Gasteiger charge is 2.59. The fourth-order valence-corrected chi connectivity index (χ4v) is 12.7. The first kappa shape index (κ1) is 33.2. The van der Waals surface area contributed by atoms with Crippen LogP contribution in [0.15, 0.2) is 103 Å². The van der Waals surface area contributed by atoms with Crippen molar-refractivity contribution in [1.82, 2.24) is 0 Å². The topological polar surface area (TPSA) is 27.7 Å². The van der Waals surface area contributed by atoms with Gasteiger partial charge in [-0.05, 0) is 70.5 Å². The molecule has 1 aliphatic heterocycles. The molecule has 0 saturated carbocycles. The summed E-state index contributed by atoms with van der Waals surface area (Å²) in [5, 5.41) is 2.67. The van der Waals surface area contributed by atoms with Gasteiger partial charge in [-0.3, -0.25) is 0 Å². The first-order valence-electron chi connectivity index (χ1n) is 15.4. The van der Waals surface area contributed by atoms with Gasteiger partial charge in [0, 0.05) is 11.0 Å². The minimum Gasteiger partial charge on any atom is -0.404 e. The van der Waals surface area contributed by atoms with Crippen molar-refractivity contribution in [2.45, 2.75) is 90.6 Å². The van der Waals surface area contributed by atoms with Crippen LogP contribution in [-0.2, 0) is 13.7 Å². The zero-order valence-corrected chi connectivity index (χ0v) is 29.8.